The molecule has 5 heteroatoms. The summed E-state index contributed by atoms with van der Waals surface area (Å²) in [5, 5.41) is 11.7. The van der Waals surface area contributed by atoms with Gasteiger partial charge in [0.05, 0.1) is 18.2 Å². The molecule has 1 aliphatic rings. The molecule has 1 saturated heterocycles. The molecule has 0 bridgehead atoms. The van der Waals surface area contributed by atoms with Crippen molar-refractivity contribution in [1.29, 1.82) is 5.26 Å². The van der Waals surface area contributed by atoms with E-state index in [4.69, 9.17) is 10.00 Å². The minimum atomic E-state index is -0.605. The van der Waals surface area contributed by atoms with Crippen LogP contribution in [0.4, 0.5) is 0 Å². The summed E-state index contributed by atoms with van der Waals surface area (Å²) in [5.74, 6) is -0.00159. The van der Waals surface area contributed by atoms with Gasteiger partial charge in [0.25, 0.3) is 0 Å². The van der Waals surface area contributed by atoms with Crippen LogP contribution in [0.15, 0.2) is 24.3 Å². The number of rotatable bonds is 5. The second kappa shape index (κ2) is 6.70. The van der Waals surface area contributed by atoms with Crippen molar-refractivity contribution in [1.82, 2.24) is 10.2 Å². The minimum absolute atomic E-state index is 0.00159. The second-order valence-corrected chi connectivity index (χ2v) is 5.38. The molecule has 1 heterocycles. The summed E-state index contributed by atoms with van der Waals surface area (Å²) in [6.07, 6.45) is 1.76. The van der Waals surface area contributed by atoms with Crippen molar-refractivity contribution >= 4 is 5.91 Å². The molecule has 2 rings (SSSR count). The van der Waals surface area contributed by atoms with Crippen molar-refractivity contribution in [2.45, 2.75) is 24.9 Å². The lowest BCUT2D eigenvalue weighted by Gasteiger charge is -2.36. The first-order valence-electron chi connectivity index (χ1n) is 7.11. The molecular formula is C16H21N3O2. The summed E-state index contributed by atoms with van der Waals surface area (Å²) in [5.41, 5.74) is 1.08. The number of likely N-dealkylation sites (tertiary alicyclic amines) is 1. The number of ether oxygens (including phenoxy) is 1. The number of nitrogens with zero attached hydrogens (tertiary/aromatic N) is 2. The van der Waals surface area contributed by atoms with Gasteiger partial charge in [-0.05, 0) is 37.1 Å². The lowest BCUT2D eigenvalue weighted by Crippen LogP contribution is -2.57. The Kier molecular flexibility index (Phi) is 4.94. The van der Waals surface area contributed by atoms with Crippen LogP contribution >= 0.6 is 0 Å². The van der Waals surface area contributed by atoms with E-state index in [0.717, 1.165) is 24.9 Å². The van der Waals surface area contributed by atoms with E-state index in [1.54, 1.807) is 20.2 Å². The molecule has 1 N–H and O–H groups in total. The maximum atomic E-state index is 12.4. The van der Waals surface area contributed by atoms with E-state index in [0.29, 0.717) is 18.7 Å². The van der Waals surface area contributed by atoms with Crippen molar-refractivity contribution < 1.29 is 9.53 Å². The molecule has 1 aliphatic heterocycles. The fourth-order valence-corrected chi connectivity index (χ4v) is 3.08. The molecule has 1 unspecified atom stereocenters. The Hall–Kier alpha value is -1.90. The van der Waals surface area contributed by atoms with Gasteiger partial charge in [0.2, 0.25) is 5.91 Å². The predicted octanol–water partition coefficient (Wildman–Crippen LogP) is 1.29. The van der Waals surface area contributed by atoms with Gasteiger partial charge in [-0.25, -0.2) is 0 Å². The Bertz CT molecular complexity index is 553. The van der Waals surface area contributed by atoms with Crippen LogP contribution in [0.3, 0.4) is 0 Å². The van der Waals surface area contributed by atoms with Crippen LogP contribution in [0.25, 0.3) is 0 Å². The van der Waals surface area contributed by atoms with Crippen molar-refractivity contribution in [2.75, 3.05) is 27.3 Å². The van der Waals surface area contributed by atoms with E-state index in [1.165, 1.54) is 0 Å². The maximum absolute atomic E-state index is 12.4. The summed E-state index contributed by atoms with van der Waals surface area (Å²) in [7, 11) is 3.28. The third-order valence-corrected chi connectivity index (χ3v) is 4.09. The number of benzene rings is 1. The van der Waals surface area contributed by atoms with Gasteiger partial charge in [0.15, 0.2) is 0 Å². The predicted molar refractivity (Wildman–Crippen MR) is 79.5 cm³/mol. The van der Waals surface area contributed by atoms with Gasteiger partial charge in [-0.3, -0.25) is 9.69 Å². The highest BCUT2D eigenvalue weighted by Crippen LogP contribution is 2.31. The molecule has 5 nitrogen and oxygen atoms in total. The van der Waals surface area contributed by atoms with Gasteiger partial charge in [0, 0.05) is 20.7 Å². The highest BCUT2D eigenvalue weighted by Gasteiger charge is 2.46. The van der Waals surface area contributed by atoms with E-state index in [2.05, 4.69) is 16.3 Å². The van der Waals surface area contributed by atoms with Gasteiger partial charge < -0.3 is 10.1 Å². The zero-order chi connectivity index (χ0) is 15.3. The Morgan fingerprint density at radius 1 is 1.57 bits per heavy atom. The van der Waals surface area contributed by atoms with Crippen LogP contribution < -0.4 is 5.32 Å². The Morgan fingerprint density at radius 3 is 3.05 bits per heavy atom. The fourth-order valence-electron chi connectivity index (χ4n) is 3.08. The molecule has 21 heavy (non-hydrogen) atoms. The molecule has 1 atom stereocenters. The third kappa shape index (κ3) is 3.07. The normalized spacial score (nSPS) is 22.0. The molecule has 0 aromatic heterocycles. The van der Waals surface area contributed by atoms with E-state index in [9.17, 15) is 4.79 Å². The highest BCUT2D eigenvalue weighted by molar-refractivity contribution is 5.86. The molecule has 1 aromatic rings. The van der Waals surface area contributed by atoms with Gasteiger partial charge in [-0.1, -0.05) is 12.1 Å². The second-order valence-electron chi connectivity index (χ2n) is 5.38. The summed E-state index contributed by atoms with van der Waals surface area (Å²) < 4.78 is 5.31. The smallest absolute Gasteiger partial charge is 0.242 e. The van der Waals surface area contributed by atoms with Crippen molar-refractivity contribution in [3.63, 3.8) is 0 Å². The van der Waals surface area contributed by atoms with E-state index in [-0.39, 0.29) is 5.91 Å². The fraction of sp³-hybridized carbons (Fsp3) is 0.500. The minimum Gasteiger partial charge on any atom is -0.382 e. The summed E-state index contributed by atoms with van der Waals surface area (Å²) in [4.78, 5) is 14.5. The summed E-state index contributed by atoms with van der Waals surface area (Å²) in [6, 6.07) is 9.67. The number of carbonyl (C=O) groups is 1. The first-order valence-corrected chi connectivity index (χ1v) is 7.11. The van der Waals surface area contributed by atoms with Gasteiger partial charge in [0.1, 0.15) is 5.54 Å². The molecule has 0 saturated carbocycles. The molecule has 1 fully saturated rings. The standard InChI is InChI=1S/C16H21N3O2/c1-18-15(20)16(12-21-2)7-4-8-19(16)11-14-6-3-5-13(9-14)10-17/h3,5-6,9H,4,7-8,11-12H2,1-2H3,(H,18,20). The topological polar surface area (TPSA) is 65.4 Å². The van der Waals surface area contributed by atoms with Crippen molar-refractivity contribution in [3.8, 4) is 6.07 Å². The van der Waals surface area contributed by atoms with Crippen LogP contribution in [-0.2, 0) is 16.1 Å². The largest absolute Gasteiger partial charge is 0.382 e. The molecule has 0 spiro atoms. The maximum Gasteiger partial charge on any atom is 0.242 e. The highest BCUT2D eigenvalue weighted by atomic mass is 16.5. The number of likely N-dealkylation sites (N-methyl/N-ethyl adjacent to an activating group) is 1. The summed E-state index contributed by atoms with van der Waals surface area (Å²) in [6.45, 7) is 1.88. The SMILES string of the molecule is CNC(=O)C1(COC)CCCN1Cc1cccc(C#N)c1. The van der Waals surface area contributed by atoms with Crippen molar-refractivity contribution in [3.05, 3.63) is 35.4 Å². The number of methoxy groups -OCH3 is 1. The van der Waals surface area contributed by atoms with Gasteiger partial charge >= 0.3 is 0 Å². The van der Waals surface area contributed by atoms with Crippen molar-refractivity contribution in [2.24, 2.45) is 0 Å². The Labute approximate surface area is 125 Å². The molecule has 1 amide bonds. The average molecular weight is 287 g/mol. The number of nitrogens with one attached hydrogen (secondary N) is 1. The molecule has 112 valence electrons. The molecule has 0 radical (unpaired) electrons. The quantitative estimate of drug-likeness (QED) is 0.886. The van der Waals surface area contributed by atoms with Crippen LogP contribution in [-0.4, -0.2) is 43.7 Å². The molecular weight excluding hydrogens is 266 g/mol. The van der Waals surface area contributed by atoms with Crippen LogP contribution in [0.1, 0.15) is 24.0 Å². The van der Waals surface area contributed by atoms with E-state index < -0.39 is 5.54 Å². The van der Waals surface area contributed by atoms with Crippen LogP contribution in [0, 0.1) is 11.3 Å². The third-order valence-electron chi connectivity index (χ3n) is 4.09. The lowest BCUT2D eigenvalue weighted by molar-refractivity contribution is -0.135. The monoisotopic (exact) mass is 287 g/mol. The number of amides is 1. The number of nitriles is 1. The first-order chi connectivity index (χ1) is 10.2. The number of hydrogen-bond acceptors (Lipinski definition) is 4. The van der Waals surface area contributed by atoms with Gasteiger partial charge in [-0.15, -0.1) is 0 Å². The van der Waals surface area contributed by atoms with E-state index >= 15 is 0 Å². The zero-order valence-corrected chi connectivity index (χ0v) is 12.6. The van der Waals surface area contributed by atoms with Gasteiger partial charge in [-0.2, -0.15) is 5.26 Å². The average Bonchev–Trinajstić information content (AvgIpc) is 2.91. The number of carbonyl (C=O) groups excluding carboxylic acids is 1. The number of hydrogen-bond donors (Lipinski definition) is 1. The first kappa shape index (κ1) is 15.5. The van der Waals surface area contributed by atoms with E-state index in [1.807, 2.05) is 18.2 Å². The Balaban J connectivity index is 2.24. The molecule has 1 aromatic carbocycles. The van der Waals surface area contributed by atoms with Crippen LogP contribution in [0.5, 0.6) is 0 Å². The summed E-state index contributed by atoms with van der Waals surface area (Å²) >= 11 is 0. The lowest BCUT2D eigenvalue weighted by atomic mass is 9.95. The Morgan fingerprint density at radius 2 is 2.38 bits per heavy atom. The molecule has 0 aliphatic carbocycles. The van der Waals surface area contributed by atoms with Crippen LogP contribution in [0.2, 0.25) is 0 Å². The zero-order valence-electron chi connectivity index (χ0n) is 12.6.